The maximum atomic E-state index is 11.8. The molecule has 2 amide bonds. The monoisotopic (exact) mass is 224 g/mol. The Bertz CT molecular complexity index is 253. The van der Waals surface area contributed by atoms with Crippen LogP contribution in [0.5, 0.6) is 0 Å². The van der Waals surface area contributed by atoms with Crippen LogP contribution in [0, 0.1) is 5.92 Å². The zero-order valence-electron chi connectivity index (χ0n) is 10.5. The largest absolute Gasteiger partial charge is 0.335 e. The smallest absolute Gasteiger partial charge is 0.315 e. The number of carbonyl (C=O) groups is 1. The van der Waals surface area contributed by atoms with E-state index in [1.807, 2.05) is 0 Å². The van der Waals surface area contributed by atoms with Crippen molar-refractivity contribution in [3.05, 3.63) is 0 Å². The average molecular weight is 224 g/mol. The molecule has 0 heterocycles. The number of hydrogen-bond acceptors (Lipinski definition) is 1. The van der Waals surface area contributed by atoms with Crippen molar-refractivity contribution in [2.45, 2.75) is 70.4 Å². The second kappa shape index (κ2) is 4.64. The van der Waals surface area contributed by atoms with Crippen LogP contribution in [0.2, 0.25) is 0 Å². The van der Waals surface area contributed by atoms with Crippen molar-refractivity contribution < 1.29 is 4.79 Å². The van der Waals surface area contributed by atoms with E-state index in [-0.39, 0.29) is 11.6 Å². The molecule has 2 aliphatic carbocycles. The van der Waals surface area contributed by atoms with Crippen molar-refractivity contribution in [3.8, 4) is 0 Å². The molecule has 0 spiro atoms. The third-order valence-electron chi connectivity index (χ3n) is 3.97. The zero-order chi connectivity index (χ0) is 11.6. The summed E-state index contributed by atoms with van der Waals surface area (Å²) in [5, 5.41) is 6.22. The summed E-state index contributed by atoms with van der Waals surface area (Å²) in [4.78, 5) is 11.8. The van der Waals surface area contributed by atoms with E-state index in [9.17, 15) is 4.79 Å². The van der Waals surface area contributed by atoms with Crippen LogP contribution in [0.4, 0.5) is 4.79 Å². The molecule has 0 aromatic rings. The van der Waals surface area contributed by atoms with E-state index in [0.717, 1.165) is 12.8 Å². The average Bonchev–Trinajstić information content (AvgIpc) is 3.01. The maximum Gasteiger partial charge on any atom is 0.315 e. The first-order valence-corrected chi connectivity index (χ1v) is 6.66. The van der Waals surface area contributed by atoms with Crippen molar-refractivity contribution in [1.29, 1.82) is 0 Å². The Hall–Kier alpha value is -0.730. The molecular weight excluding hydrogens is 200 g/mol. The number of carbonyl (C=O) groups excluding carboxylic acids is 1. The van der Waals surface area contributed by atoms with E-state index in [1.165, 1.54) is 32.1 Å². The molecule has 0 atom stereocenters. The Morgan fingerprint density at radius 2 is 1.69 bits per heavy atom. The molecule has 2 aliphatic rings. The van der Waals surface area contributed by atoms with Gasteiger partial charge in [0.05, 0.1) is 0 Å². The number of amides is 2. The van der Waals surface area contributed by atoms with E-state index in [4.69, 9.17) is 0 Å². The predicted octanol–water partition coefficient (Wildman–Crippen LogP) is 2.81. The fourth-order valence-electron chi connectivity index (χ4n) is 2.67. The summed E-state index contributed by atoms with van der Waals surface area (Å²) in [5.74, 6) is 0.685. The van der Waals surface area contributed by atoms with Crippen LogP contribution in [0.25, 0.3) is 0 Å². The number of hydrogen-bond donors (Lipinski definition) is 2. The molecule has 0 aromatic heterocycles. The Balaban J connectivity index is 1.74. The summed E-state index contributed by atoms with van der Waals surface area (Å²) >= 11 is 0. The topological polar surface area (TPSA) is 41.1 Å². The maximum absolute atomic E-state index is 11.8. The number of nitrogens with one attached hydrogen (secondary N) is 2. The summed E-state index contributed by atoms with van der Waals surface area (Å²) in [6.07, 6.45) is 8.67. The lowest BCUT2D eigenvalue weighted by Crippen LogP contribution is -2.52. The minimum absolute atomic E-state index is 0.0290. The predicted molar refractivity (Wildman–Crippen MR) is 65.3 cm³/mol. The van der Waals surface area contributed by atoms with Gasteiger partial charge in [-0.05, 0) is 45.4 Å². The van der Waals surface area contributed by atoms with Gasteiger partial charge in [0.25, 0.3) is 0 Å². The zero-order valence-corrected chi connectivity index (χ0v) is 10.5. The van der Waals surface area contributed by atoms with Gasteiger partial charge in [0, 0.05) is 11.6 Å². The van der Waals surface area contributed by atoms with Crippen molar-refractivity contribution in [2.75, 3.05) is 0 Å². The molecule has 0 radical (unpaired) electrons. The van der Waals surface area contributed by atoms with E-state index in [0.29, 0.717) is 12.0 Å². The molecule has 3 nitrogen and oxygen atoms in total. The quantitative estimate of drug-likeness (QED) is 0.760. The highest BCUT2D eigenvalue weighted by molar-refractivity contribution is 5.75. The van der Waals surface area contributed by atoms with Gasteiger partial charge < -0.3 is 10.6 Å². The van der Waals surface area contributed by atoms with Crippen LogP contribution >= 0.6 is 0 Å². The van der Waals surface area contributed by atoms with Gasteiger partial charge >= 0.3 is 6.03 Å². The van der Waals surface area contributed by atoms with Crippen molar-refractivity contribution in [1.82, 2.24) is 10.6 Å². The molecule has 0 unspecified atom stereocenters. The summed E-state index contributed by atoms with van der Waals surface area (Å²) in [6, 6.07) is 0.438. The molecular formula is C13H24N2O. The van der Waals surface area contributed by atoms with Gasteiger partial charge in [-0.15, -0.1) is 0 Å². The Labute approximate surface area is 98.4 Å². The minimum atomic E-state index is -0.0290. The molecule has 2 fully saturated rings. The summed E-state index contributed by atoms with van der Waals surface area (Å²) in [5.41, 5.74) is -0.0290. The first-order chi connectivity index (χ1) is 7.58. The lowest BCUT2D eigenvalue weighted by Gasteiger charge is -2.29. The Morgan fingerprint density at radius 3 is 2.25 bits per heavy atom. The van der Waals surface area contributed by atoms with Gasteiger partial charge in [-0.3, -0.25) is 0 Å². The second-order valence-electron chi connectivity index (χ2n) is 5.93. The van der Waals surface area contributed by atoms with Crippen molar-refractivity contribution >= 4 is 6.03 Å². The van der Waals surface area contributed by atoms with Gasteiger partial charge in [-0.25, -0.2) is 4.79 Å². The van der Waals surface area contributed by atoms with E-state index in [2.05, 4.69) is 24.5 Å². The van der Waals surface area contributed by atoms with Crippen LogP contribution in [-0.2, 0) is 0 Å². The highest BCUT2D eigenvalue weighted by Gasteiger charge is 2.38. The lowest BCUT2D eigenvalue weighted by atomic mass is 9.95. The SMILES string of the molecule is CC(C)(NC(=O)NC1CCCCC1)C1CC1. The van der Waals surface area contributed by atoms with Gasteiger partial charge in [-0.2, -0.15) is 0 Å². The minimum Gasteiger partial charge on any atom is -0.335 e. The molecule has 92 valence electrons. The van der Waals surface area contributed by atoms with Crippen LogP contribution in [0.15, 0.2) is 0 Å². The van der Waals surface area contributed by atoms with Crippen molar-refractivity contribution in [2.24, 2.45) is 5.92 Å². The standard InChI is InChI=1S/C13H24N2O/c1-13(2,10-8-9-10)15-12(16)14-11-6-4-3-5-7-11/h10-11H,3-9H2,1-2H3,(H2,14,15,16). The summed E-state index contributed by atoms with van der Waals surface area (Å²) in [7, 11) is 0. The van der Waals surface area contributed by atoms with Crippen molar-refractivity contribution in [3.63, 3.8) is 0 Å². The normalized spacial score (nSPS) is 22.9. The molecule has 2 N–H and O–H groups in total. The summed E-state index contributed by atoms with van der Waals surface area (Å²) < 4.78 is 0. The molecule has 3 heteroatoms. The highest BCUT2D eigenvalue weighted by Crippen LogP contribution is 2.39. The van der Waals surface area contributed by atoms with Gasteiger partial charge in [0.15, 0.2) is 0 Å². The van der Waals surface area contributed by atoms with E-state index < -0.39 is 0 Å². The van der Waals surface area contributed by atoms with Gasteiger partial charge in [0.1, 0.15) is 0 Å². The second-order valence-corrected chi connectivity index (χ2v) is 5.93. The Morgan fingerprint density at radius 1 is 1.06 bits per heavy atom. The lowest BCUT2D eigenvalue weighted by molar-refractivity contribution is 0.217. The van der Waals surface area contributed by atoms with E-state index in [1.54, 1.807) is 0 Å². The third kappa shape index (κ3) is 3.13. The van der Waals surface area contributed by atoms with Crippen LogP contribution in [0.3, 0.4) is 0 Å². The molecule has 0 saturated heterocycles. The molecule has 0 aromatic carbocycles. The molecule has 2 rings (SSSR count). The van der Waals surface area contributed by atoms with Crippen LogP contribution in [0.1, 0.15) is 58.8 Å². The number of urea groups is 1. The first-order valence-electron chi connectivity index (χ1n) is 6.66. The molecule has 2 saturated carbocycles. The fourth-order valence-corrected chi connectivity index (χ4v) is 2.67. The fraction of sp³-hybridized carbons (Fsp3) is 0.923. The molecule has 0 bridgehead atoms. The first kappa shape index (κ1) is 11.7. The Kier molecular flexibility index (Phi) is 3.41. The van der Waals surface area contributed by atoms with Crippen LogP contribution in [-0.4, -0.2) is 17.6 Å². The van der Waals surface area contributed by atoms with E-state index >= 15 is 0 Å². The van der Waals surface area contributed by atoms with Gasteiger partial charge in [-0.1, -0.05) is 19.3 Å². The molecule has 0 aliphatic heterocycles. The number of rotatable bonds is 3. The van der Waals surface area contributed by atoms with Gasteiger partial charge in [0.2, 0.25) is 0 Å². The summed E-state index contributed by atoms with van der Waals surface area (Å²) in [6.45, 7) is 4.26. The molecule has 16 heavy (non-hydrogen) atoms. The highest BCUT2D eigenvalue weighted by atomic mass is 16.2. The third-order valence-corrected chi connectivity index (χ3v) is 3.97. The van der Waals surface area contributed by atoms with Crippen LogP contribution < -0.4 is 10.6 Å².